The van der Waals surface area contributed by atoms with Gasteiger partial charge in [0.15, 0.2) is 0 Å². The van der Waals surface area contributed by atoms with Crippen molar-refractivity contribution >= 4 is 106 Å². The van der Waals surface area contributed by atoms with Crippen LogP contribution in [0.3, 0.4) is 0 Å². The molecule has 2 heterocycles. The highest BCUT2D eigenvalue weighted by molar-refractivity contribution is 7.27. The van der Waals surface area contributed by atoms with Crippen LogP contribution in [0, 0.1) is 0 Å². The minimum absolute atomic E-state index is 1.23. The van der Waals surface area contributed by atoms with E-state index in [1.165, 1.54) is 117 Å². The largest absolute Gasteiger partial charge is 0.135 e. The Hall–Kier alpha value is -6.32. The fourth-order valence-electron chi connectivity index (χ4n) is 9.10. The van der Waals surface area contributed by atoms with Gasteiger partial charge in [0.25, 0.3) is 0 Å². The lowest BCUT2D eigenvalue weighted by atomic mass is 9.84. The Morgan fingerprint density at radius 3 is 1.20 bits per heavy atom. The highest BCUT2D eigenvalue weighted by Gasteiger charge is 2.22. The highest BCUT2D eigenvalue weighted by atomic mass is 32.1. The molecule has 0 atom stereocenters. The molecule has 0 bridgehead atoms. The molecule has 0 amide bonds. The molecule has 0 fully saturated rings. The van der Waals surface area contributed by atoms with E-state index in [2.05, 4.69) is 182 Å². The third-order valence-corrected chi connectivity index (χ3v) is 13.8. The summed E-state index contributed by atoms with van der Waals surface area (Å²) in [6.45, 7) is 0. The highest BCUT2D eigenvalue weighted by Crippen LogP contribution is 2.51. The normalized spacial score (nSPS) is 12.1. The van der Waals surface area contributed by atoms with Crippen LogP contribution in [0.25, 0.3) is 117 Å². The van der Waals surface area contributed by atoms with Gasteiger partial charge in [0, 0.05) is 51.5 Å². The van der Waals surface area contributed by atoms with Crippen LogP contribution in [-0.4, -0.2) is 0 Å². The summed E-state index contributed by atoms with van der Waals surface area (Å²) < 4.78 is 5.34. The van der Waals surface area contributed by atoms with Crippen LogP contribution < -0.4 is 0 Å². The quantitative estimate of drug-likeness (QED) is 0.160. The molecule has 0 aliphatic rings. The summed E-state index contributed by atoms with van der Waals surface area (Å²) in [5.41, 5.74) is 7.72. The van der Waals surface area contributed by atoms with E-state index in [4.69, 9.17) is 0 Å². The van der Waals surface area contributed by atoms with Crippen molar-refractivity contribution in [3.05, 3.63) is 182 Å². The molecule has 0 nitrogen and oxygen atoms in total. The van der Waals surface area contributed by atoms with E-state index in [-0.39, 0.29) is 0 Å². The average Bonchev–Trinajstić information content (AvgIpc) is 3.79. The maximum Gasteiger partial charge on any atom is 0.0440 e. The van der Waals surface area contributed by atoms with Crippen molar-refractivity contribution in [3.8, 4) is 33.4 Å². The van der Waals surface area contributed by atoms with E-state index >= 15 is 0 Å². The van der Waals surface area contributed by atoms with Crippen LogP contribution in [0.15, 0.2) is 182 Å². The average molecular weight is 719 g/mol. The van der Waals surface area contributed by atoms with Gasteiger partial charge in [-0.25, -0.2) is 0 Å². The summed E-state index contributed by atoms with van der Waals surface area (Å²) in [6.07, 6.45) is 0. The first kappa shape index (κ1) is 30.2. The van der Waals surface area contributed by atoms with E-state index in [9.17, 15) is 0 Å². The molecule has 0 spiro atoms. The van der Waals surface area contributed by atoms with Crippen LogP contribution in [-0.2, 0) is 0 Å². The number of hydrogen-bond acceptors (Lipinski definition) is 2. The van der Waals surface area contributed by atoms with Crippen LogP contribution in [0.1, 0.15) is 0 Å². The van der Waals surface area contributed by atoms with Gasteiger partial charge >= 0.3 is 0 Å². The Bertz CT molecular complexity index is 3280. The summed E-state index contributed by atoms with van der Waals surface area (Å²) in [4.78, 5) is 0. The van der Waals surface area contributed by atoms with Gasteiger partial charge < -0.3 is 0 Å². The Morgan fingerprint density at radius 2 is 0.685 bits per heavy atom. The van der Waals surface area contributed by atoms with E-state index in [1.54, 1.807) is 0 Å². The van der Waals surface area contributed by atoms with Crippen LogP contribution in [0.2, 0.25) is 0 Å². The third kappa shape index (κ3) is 4.30. The van der Waals surface area contributed by atoms with Crippen molar-refractivity contribution in [1.29, 1.82) is 0 Å². The zero-order valence-corrected chi connectivity index (χ0v) is 30.8. The molecule has 0 saturated heterocycles. The van der Waals surface area contributed by atoms with E-state index in [1.807, 2.05) is 22.7 Å². The van der Waals surface area contributed by atoms with Crippen molar-refractivity contribution in [2.24, 2.45) is 0 Å². The molecule has 0 aliphatic carbocycles. The van der Waals surface area contributed by atoms with Crippen molar-refractivity contribution in [3.63, 3.8) is 0 Å². The molecule has 0 aliphatic heterocycles. The summed E-state index contributed by atoms with van der Waals surface area (Å²) in [5, 5.41) is 15.5. The molecule has 12 rings (SSSR count). The van der Waals surface area contributed by atoms with Gasteiger partial charge in [-0.2, -0.15) is 0 Å². The van der Waals surface area contributed by atoms with Crippen molar-refractivity contribution in [2.75, 3.05) is 0 Å². The van der Waals surface area contributed by atoms with Gasteiger partial charge in [0.1, 0.15) is 0 Å². The van der Waals surface area contributed by atoms with Crippen molar-refractivity contribution in [2.45, 2.75) is 0 Å². The minimum Gasteiger partial charge on any atom is -0.135 e. The maximum absolute atomic E-state index is 2.52. The zero-order chi connectivity index (χ0) is 35.3. The number of rotatable bonds is 3. The Morgan fingerprint density at radius 1 is 0.259 bits per heavy atom. The van der Waals surface area contributed by atoms with Crippen LogP contribution in [0.4, 0.5) is 0 Å². The molecular weight excluding hydrogens is 689 g/mol. The third-order valence-electron chi connectivity index (χ3n) is 11.4. The molecule has 12 aromatic rings. The molecule has 2 aromatic heterocycles. The van der Waals surface area contributed by atoms with Gasteiger partial charge in [-0.1, -0.05) is 152 Å². The molecule has 0 N–H and O–H groups in total. The fourth-order valence-corrected chi connectivity index (χ4v) is 11.6. The van der Waals surface area contributed by atoms with Crippen LogP contribution >= 0.6 is 22.7 Å². The second-order valence-electron chi connectivity index (χ2n) is 14.3. The molecule has 250 valence electrons. The monoisotopic (exact) mass is 718 g/mol. The molecular formula is C52H30S2. The van der Waals surface area contributed by atoms with Gasteiger partial charge in [0.05, 0.1) is 0 Å². The first-order valence-electron chi connectivity index (χ1n) is 18.5. The second-order valence-corrected chi connectivity index (χ2v) is 16.4. The molecule has 2 heteroatoms. The number of benzene rings is 10. The predicted octanol–water partition coefficient (Wildman–Crippen LogP) is 16.0. The molecule has 0 radical (unpaired) electrons. The standard InChI is InChI=1S/C52H30S2/c1-2-14-31(15-3-1)48-38-22-12-24-40(49-34-18-6-4-16-32(34)28-44-36-20-8-10-26-46(36)53-51(44)49)42(38)30-43-39(48)23-13-25-41(43)50-35-19-7-5-17-33(35)29-45-37-21-9-11-27-47(37)54-52(45)50/h1-30H. The number of fused-ring (bicyclic) bond motifs is 10. The Labute approximate surface area is 319 Å². The SMILES string of the molecule is c1ccc(-c2c3cccc(-c4c5ccccc5cc5c4sc4ccccc45)c3cc3c(-c4c5ccccc5cc5c4sc4ccccc45)cccc23)cc1. The topological polar surface area (TPSA) is 0 Å². The Balaban J connectivity index is 1.28. The minimum atomic E-state index is 1.23. The fraction of sp³-hybridized carbons (Fsp3) is 0. The lowest BCUT2D eigenvalue weighted by molar-refractivity contribution is 1.67. The summed E-state index contributed by atoms with van der Waals surface area (Å²) >= 11 is 3.83. The van der Waals surface area contributed by atoms with E-state index < -0.39 is 0 Å². The second kappa shape index (κ2) is 11.6. The number of thiophene rings is 2. The summed E-state index contributed by atoms with van der Waals surface area (Å²) in [6, 6.07) is 67.9. The first-order valence-corrected chi connectivity index (χ1v) is 20.1. The molecule has 10 aromatic carbocycles. The van der Waals surface area contributed by atoms with Crippen molar-refractivity contribution in [1.82, 2.24) is 0 Å². The smallest absolute Gasteiger partial charge is 0.0440 e. The van der Waals surface area contributed by atoms with Crippen LogP contribution in [0.5, 0.6) is 0 Å². The lowest BCUT2D eigenvalue weighted by Gasteiger charge is -2.19. The predicted molar refractivity (Wildman–Crippen MR) is 239 cm³/mol. The summed E-state index contributed by atoms with van der Waals surface area (Å²) in [7, 11) is 0. The van der Waals surface area contributed by atoms with Crippen molar-refractivity contribution < 1.29 is 0 Å². The zero-order valence-electron chi connectivity index (χ0n) is 29.1. The molecule has 0 unspecified atom stereocenters. The first-order chi connectivity index (χ1) is 26.8. The molecule has 54 heavy (non-hydrogen) atoms. The van der Waals surface area contributed by atoms with Gasteiger partial charge in [-0.3, -0.25) is 0 Å². The Kier molecular flexibility index (Phi) is 6.48. The number of hydrogen-bond donors (Lipinski definition) is 0. The van der Waals surface area contributed by atoms with E-state index in [0.29, 0.717) is 0 Å². The van der Waals surface area contributed by atoms with Gasteiger partial charge in [-0.15, -0.1) is 22.7 Å². The van der Waals surface area contributed by atoms with Gasteiger partial charge in [-0.05, 0) is 95.7 Å². The molecule has 0 saturated carbocycles. The lowest BCUT2D eigenvalue weighted by Crippen LogP contribution is -1.92. The van der Waals surface area contributed by atoms with Gasteiger partial charge in [0.2, 0.25) is 0 Å². The maximum atomic E-state index is 2.52. The van der Waals surface area contributed by atoms with E-state index in [0.717, 1.165) is 0 Å². The summed E-state index contributed by atoms with van der Waals surface area (Å²) in [5.74, 6) is 0.